The molecule has 0 aromatic rings. The lowest BCUT2D eigenvalue weighted by atomic mass is 10.2. The van der Waals surface area contributed by atoms with Gasteiger partial charge in [0, 0.05) is 5.92 Å². The maximum atomic E-state index is 10.8. The number of hydrogen-bond acceptors (Lipinski definition) is 4. The zero-order valence-electron chi connectivity index (χ0n) is 8.40. The topological polar surface area (TPSA) is 199 Å². The second kappa shape index (κ2) is 5.59. The third kappa shape index (κ3) is 8.18. The Hall–Kier alpha value is 0.410. The van der Waals surface area contributed by atoms with Crippen molar-refractivity contribution in [1.29, 1.82) is 0 Å². The van der Waals surface area contributed by atoms with Crippen LogP contribution in [0.1, 0.15) is 0 Å². The van der Waals surface area contributed by atoms with Gasteiger partial charge in [-0.3, -0.25) is 13.7 Å². The van der Waals surface area contributed by atoms with Gasteiger partial charge in [0.2, 0.25) is 0 Å². The summed E-state index contributed by atoms with van der Waals surface area (Å²) in [7, 11) is -14.3. The summed E-state index contributed by atoms with van der Waals surface area (Å²) in [6.45, 7) is 0. The molecule has 0 aliphatic rings. The standard InChI is InChI=1S/C4H14NO9P3/c5-4(17(12,13)14)3(1-15(6,7)8)2-16(9,10)11/h3-4H,1-2,5H2,(H2,6,7,8)(H2,9,10,11)(H2,12,13,14). The first-order valence-corrected chi connectivity index (χ1v) is 9.40. The van der Waals surface area contributed by atoms with Crippen molar-refractivity contribution in [1.82, 2.24) is 0 Å². The molecule has 1 atom stereocenters. The highest BCUT2D eigenvalue weighted by Crippen LogP contribution is 2.50. The summed E-state index contributed by atoms with van der Waals surface area (Å²) in [5.41, 5.74) is 5.06. The van der Waals surface area contributed by atoms with Gasteiger partial charge in [-0.25, -0.2) is 0 Å². The Morgan fingerprint density at radius 2 is 1.12 bits per heavy atom. The molecule has 0 saturated heterocycles. The lowest BCUT2D eigenvalue weighted by Gasteiger charge is -2.24. The van der Waals surface area contributed by atoms with Gasteiger partial charge in [0.25, 0.3) is 0 Å². The number of rotatable bonds is 6. The smallest absolute Gasteiger partial charge is 0.324 e. The van der Waals surface area contributed by atoms with Gasteiger partial charge in [-0.2, -0.15) is 0 Å². The molecule has 0 bridgehead atoms. The van der Waals surface area contributed by atoms with E-state index in [1.165, 1.54) is 0 Å². The van der Waals surface area contributed by atoms with Gasteiger partial charge in [0.15, 0.2) is 0 Å². The molecule has 0 aromatic carbocycles. The summed E-state index contributed by atoms with van der Waals surface area (Å²) in [5.74, 6) is -3.72. The Morgan fingerprint density at radius 3 is 1.29 bits per heavy atom. The fraction of sp³-hybridized carbons (Fsp3) is 1.00. The zero-order valence-corrected chi connectivity index (χ0v) is 11.1. The van der Waals surface area contributed by atoms with Crippen molar-refractivity contribution >= 4 is 22.8 Å². The van der Waals surface area contributed by atoms with E-state index in [4.69, 9.17) is 35.1 Å². The summed E-state index contributed by atoms with van der Waals surface area (Å²) >= 11 is 0. The van der Waals surface area contributed by atoms with Crippen molar-refractivity contribution in [3.63, 3.8) is 0 Å². The van der Waals surface area contributed by atoms with Crippen LogP contribution in [0.4, 0.5) is 0 Å². The summed E-state index contributed by atoms with van der Waals surface area (Å²) in [4.78, 5) is 52.1. The predicted octanol–water partition coefficient (Wildman–Crippen LogP) is -1.58. The van der Waals surface area contributed by atoms with Crippen LogP contribution in [0.3, 0.4) is 0 Å². The third-order valence-corrected chi connectivity index (χ3v) is 4.90. The van der Waals surface area contributed by atoms with Gasteiger partial charge in [0.05, 0.1) is 12.3 Å². The van der Waals surface area contributed by atoms with E-state index in [1.807, 2.05) is 0 Å². The fourth-order valence-electron chi connectivity index (χ4n) is 1.16. The van der Waals surface area contributed by atoms with Crippen LogP contribution in [0.25, 0.3) is 0 Å². The molecule has 0 rings (SSSR count). The summed E-state index contributed by atoms with van der Waals surface area (Å²) in [6, 6.07) is 0. The summed E-state index contributed by atoms with van der Waals surface area (Å²) in [5, 5.41) is 0. The Kier molecular flexibility index (Phi) is 5.72. The minimum Gasteiger partial charge on any atom is -0.324 e. The Balaban J connectivity index is 5.06. The molecular weight excluding hydrogens is 299 g/mol. The van der Waals surface area contributed by atoms with E-state index in [0.717, 1.165) is 0 Å². The van der Waals surface area contributed by atoms with E-state index in [9.17, 15) is 13.7 Å². The maximum absolute atomic E-state index is 10.8. The van der Waals surface area contributed by atoms with Crippen molar-refractivity contribution in [3.05, 3.63) is 0 Å². The van der Waals surface area contributed by atoms with Crippen LogP contribution in [0, 0.1) is 5.92 Å². The van der Waals surface area contributed by atoms with Gasteiger partial charge >= 0.3 is 22.8 Å². The molecule has 0 radical (unpaired) electrons. The molecule has 13 heteroatoms. The first-order valence-electron chi connectivity index (χ1n) is 4.12. The van der Waals surface area contributed by atoms with E-state index in [-0.39, 0.29) is 0 Å². The average molecular weight is 313 g/mol. The zero-order chi connectivity index (χ0) is 14.1. The molecule has 1 unspecified atom stereocenters. The normalized spacial score (nSPS) is 16.2. The predicted molar refractivity (Wildman–Crippen MR) is 57.3 cm³/mol. The van der Waals surface area contributed by atoms with Crippen LogP contribution in [0.2, 0.25) is 0 Å². The number of hydrogen-bond donors (Lipinski definition) is 7. The molecule has 0 aliphatic carbocycles. The molecule has 104 valence electrons. The monoisotopic (exact) mass is 313 g/mol. The lowest BCUT2D eigenvalue weighted by molar-refractivity contribution is 0.325. The van der Waals surface area contributed by atoms with Crippen LogP contribution in [-0.2, 0) is 13.7 Å². The molecule has 0 spiro atoms. The van der Waals surface area contributed by atoms with E-state index in [0.29, 0.717) is 0 Å². The minimum absolute atomic E-state index is 1.11. The Bertz CT molecular complexity index is 367. The number of nitrogens with two attached hydrogens (primary N) is 1. The Morgan fingerprint density at radius 1 is 0.824 bits per heavy atom. The molecule has 8 N–H and O–H groups in total. The third-order valence-electron chi connectivity index (χ3n) is 1.82. The highest BCUT2D eigenvalue weighted by molar-refractivity contribution is 7.54. The maximum Gasteiger partial charge on any atom is 0.342 e. The molecule has 0 amide bonds. The first-order chi connectivity index (χ1) is 7.22. The Labute approximate surface area is 96.3 Å². The van der Waals surface area contributed by atoms with Gasteiger partial charge in [0.1, 0.15) is 5.78 Å². The van der Waals surface area contributed by atoms with Crippen molar-refractivity contribution < 1.29 is 43.1 Å². The summed E-state index contributed by atoms with van der Waals surface area (Å²) in [6.07, 6.45) is -2.21. The van der Waals surface area contributed by atoms with Crippen molar-refractivity contribution in [3.8, 4) is 0 Å². The molecule has 17 heavy (non-hydrogen) atoms. The summed E-state index contributed by atoms with van der Waals surface area (Å²) < 4.78 is 32.2. The van der Waals surface area contributed by atoms with Crippen LogP contribution in [-0.4, -0.2) is 47.5 Å². The molecule has 0 heterocycles. The fourth-order valence-corrected chi connectivity index (χ4v) is 4.39. The van der Waals surface area contributed by atoms with E-state index in [1.54, 1.807) is 0 Å². The van der Waals surface area contributed by atoms with Gasteiger partial charge in [-0.05, 0) is 0 Å². The van der Waals surface area contributed by atoms with Crippen LogP contribution in [0.5, 0.6) is 0 Å². The van der Waals surface area contributed by atoms with Crippen molar-refractivity contribution in [2.45, 2.75) is 5.78 Å². The second-order valence-electron chi connectivity index (χ2n) is 3.53. The van der Waals surface area contributed by atoms with Gasteiger partial charge in [-0.15, -0.1) is 0 Å². The van der Waals surface area contributed by atoms with Gasteiger partial charge < -0.3 is 35.1 Å². The SMILES string of the molecule is NC(C(CP(=O)(O)O)CP(=O)(O)O)P(=O)(O)O. The van der Waals surface area contributed by atoms with E-state index >= 15 is 0 Å². The highest BCUT2D eigenvalue weighted by atomic mass is 31.2. The van der Waals surface area contributed by atoms with Crippen molar-refractivity contribution in [2.24, 2.45) is 11.7 Å². The lowest BCUT2D eigenvalue weighted by Crippen LogP contribution is -2.34. The second-order valence-corrected chi connectivity index (χ2v) is 8.70. The molecule has 0 fully saturated rings. The minimum atomic E-state index is -4.89. The molecule has 0 aromatic heterocycles. The van der Waals surface area contributed by atoms with Gasteiger partial charge in [-0.1, -0.05) is 0 Å². The molecule has 0 aliphatic heterocycles. The van der Waals surface area contributed by atoms with E-state index < -0.39 is 46.8 Å². The highest BCUT2D eigenvalue weighted by Gasteiger charge is 2.39. The molecular formula is C4H14NO9P3. The van der Waals surface area contributed by atoms with Crippen molar-refractivity contribution in [2.75, 3.05) is 12.3 Å². The van der Waals surface area contributed by atoms with Crippen LogP contribution < -0.4 is 5.73 Å². The first kappa shape index (κ1) is 17.4. The molecule has 10 nitrogen and oxygen atoms in total. The molecule has 0 saturated carbocycles. The quantitative estimate of drug-likeness (QED) is 0.281. The van der Waals surface area contributed by atoms with Crippen LogP contribution >= 0.6 is 22.8 Å². The largest absolute Gasteiger partial charge is 0.342 e. The van der Waals surface area contributed by atoms with Crippen LogP contribution in [0.15, 0.2) is 0 Å². The van der Waals surface area contributed by atoms with E-state index in [2.05, 4.69) is 0 Å². The average Bonchev–Trinajstić information content (AvgIpc) is 1.94.